The zero-order valence-electron chi connectivity index (χ0n) is 19.7. The van der Waals surface area contributed by atoms with Gasteiger partial charge < -0.3 is 9.80 Å². The topological polar surface area (TPSA) is 78.0 Å². The van der Waals surface area contributed by atoms with Crippen molar-refractivity contribution in [2.45, 2.75) is 56.4 Å². The molecule has 1 saturated carbocycles. The number of hydrogen-bond acceptors (Lipinski definition) is 4. The number of benzene rings is 2. The number of aryl methyl sites for hydroxylation is 1. The minimum absolute atomic E-state index is 0.0135. The van der Waals surface area contributed by atoms with E-state index in [4.69, 9.17) is 0 Å². The van der Waals surface area contributed by atoms with Gasteiger partial charge in [0.15, 0.2) is 0 Å². The highest BCUT2D eigenvalue weighted by Crippen LogP contribution is 2.38. The Hall–Kier alpha value is -2.71. The lowest BCUT2D eigenvalue weighted by Crippen LogP contribution is -2.43. The van der Waals surface area contributed by atoms with E-state index in [0.29, 0.717) is 13.0 Å². The first kappa shape index (κ1) is 23.1. The van der Waals surface area contributed by atoms with Crippen molar-refractivity contribution in [2.75, 3.05) is 29.9 Å². The molecule has 34 heavy (non-hydrogen) atoms. The third-order valence-electron chi connectivity index (χ3n) is 7.44. The molecule has 0 radical (unpaired) electrons. The predicted octanol–water partition coefficient (Wildman–Crippen LogP) is 3.36. The van der Waals surface area contributed by atoms with Gasteiger partial charge >= 0.3 is 0 Å². The van der Waals surface area contributed by atoms with Crippen molar-refractivity contribution < 1.29 is 18.0 Å². The molecule has 8 heteroatoms. The summed E-state index contributed by atoms with van der Waals surface area (Å²) < 4.78 is 27.8. The number of amides is 2. The molecule has 1 unspecified atom stereocenters. The number of likely N-dealkylation sites (N-methyl/N-ethyl adjacent to an activating group) is 1. The lowest BCUT2D eigenvalue weighted by Gasteiger charge is -2.32. The van der Waals surface area contributed by atoms with Crippen LogP contribution in [0.15, 0.2) is 47.4 Å². The number of nitrogens with zero attached hydrogens (tertiary/aromatic N) is 3. The standard InChI is InChI=1S/C26H31N3O4S/c1-18-15-21-16-22(12-13-24(21)29(18)26(31)20-8-5-9-20)34(32,33)27(2)17-25(30)28-14-6-10-19-7-3-4-11-23(19)28/h3-4,7,11-13,16,18,20H,5-6,8-10,14-15,17H2,1-2H3. The molecule has 2 heterocycles. The molecule has 2 aliphatic heterocycles. The summed E-state index contributed by atoms with van der Waals surface area (Å²) in [5, 5.41) is 0. The molecule has 5 rings (SSSR count). The van der Waals surface area contributed by atoms with Crippen molar-refractivity contribution in [2.24, 2.45) is 5.92 Å². The van der Waals surface area contributed by atoms with Crippen LogP contribution in [0.2, 0.25) is 0 Å². The summed E-state index contributed by atoms with van der Waals surface area (Å²) in [6.45, 7) is 2.37. The zero-order valence-corrected chi connectivity index (χ0v) is 20.6. The molecule has 0 N–H and O–H groups in total. The summed E-state index contributed by atoms with van der Waals surface area (Å²) in [7, 11) is -2.40. The maximum absolute atomic E-state index is 13.3. The minimum Gasteiger partial charge on any atom is -0.311 e. The maximum Gasteiger partial charge on any atom is 0.243 e. The molecule has 2 aromatic rings. The molecule has 7 nitrogen and oxygen atoms in total. The number of rotatable bonds is 5. The van der Waals surface area contributed by atoms with E-state index in [2.05, 4.69) is 0 Å². The van der Waals surface area contributed by atoms with Gasteiger partial charge in [-0.3, -0.25) is 9.59 Å². The van der Waals surface area contributed by atoms with Crippen LogP contribution < -0.4 is 9.80 Å². The van der Waals surface area contributed by atoms with Gasteiger partial charge in [-0.05, 0) is 74.4 Å². The maximum atomic E-state index is 13.3. The SMILES string of the molecule is CC1Cc2cc(S(=O)(=O)N(C)CC(=O)N3CCCc4ccccc43)ccc2N1C(=O)C1CCC1. The monoisotopic (exact) mass is 481 g/mol. The molecule has 2 aromatic carbocycles. The van der Waals surface area contributed by atoms with Crippen molar-refractivity contribution in [3.05, 3.63) is 53.6 Å². The number of para-hydroxylation sites is 1. The Labute approximate surface area is 201 Å². The summed E-state index contributed by atoms with van der Waals surface area (Å²) in [6.07, 6.45) is 5.37. The van der Waals surface area contributed by atoms with Gasteiger partial charge in [0.25, 0.3) is 0 Å². The lowest BCUT2D eigenvalue weighted by molar-refractivity contribution is -0.125. The third kappa shape index (κ3) is 3.92. The molecule has 1 atom stereocenters. The van der Waals surface area contributed by atoms with Gasteiger partial charge in [-0.15, -0.1) is 0 Å². The van der Waals surface area contributed by atoms with Gasteiger partial charge in [-0.2, -0.15) is 4.31 Å². The van der Waals surface area contributed by atoms with Gasteiger partial charge in [0.2, 0.25) is 21.8 Å². The van der Waals surface area contributed by atoms with Crippen LogP contribution in [0.1, 0.15) is 43.7 Å². The van der Waals surface area contributed by atoms with Crippen molar-refractivity contribution in [3.8, 4) is 0 Å². The van der Waals surface area contributed by atoms with Crippen molar-refractivity contribution in [3.63, 3.8) is 0 Å². The molecule has 3 aliphatic rings. The van der Waals surface area contributed by atoms with Crippen molar-refractivity contribution in [1.82, 2.24) is 4.31 Å². The highest BCUT2D eigenvalue weighted by Gasteiger charge is 2.38. The van der Waals surface area contributed by atoms with E-state index in [0.717, 1.165) is 58.9 Å². The quantitative estimate of drug-likeness (QED) is 0.656. The summed E-state index contributed by atoms with van der Waals surface area (Å²) >= 11 is 0. The first-order valence-electron chi connectivity index (χ1n) is 12.1. The fourth-order valence-electron chi connectivity index (χ4n) is 5.29. The molecule has 1 aliphatic carbocycles. The second kappa shape index (κ2) is 8.82. The van der Waals surface area contributed by atoms with Gasteiger partial charge in [-0.25, -0.2) is 8.42 Å². The molecular formula is C26H31N3O4S. The Bertz CT molecular complexity index is 1240. The highest BCUT2D eigenvalue weighted by atomic mass is 32.2. The van der Waals surface area contributed by atoms with Gasteiger partial charge in [-0.1, -0.05) is 24.6 Å². The molecule has 0 saturated heterocycles. The molecule has 0 bridgehead atoms. The van der Waals surface area contributed by atoms with Gasteiger partial charge in [0, 0.05) is 36.9 Å². The summed E-state index contributed by atoms with van der Waals surface area (Å²) in [5.41, 5.74) is 3.66. The van der Waals surface area contributed by atoms with E-state index >= 15 is 0 Å². The Morgan fingerprint density at radius 3 is 2.53 bits per heavy atom. The predicted molar refractivity (Wildman–Crippen MR) is 131 cm³/mol. The Kier molecular flexibility index (Phi) is 5.98. The fourth-order valence-corrected chi connectivity index (χ4v) is 6.46. The van der Waals surface area contributed by atoms with Crippen LogP contribution >= 0.6 is 0 Å². The zero-order chi connectivity index (χ0) is 24.0. The van der Waals surface area contributed by atoms with Crippen LogP contribution in [-0.4, -0.2) is 50.7 Å². The molecule has 0 aromatic heterocycles. The summed E-state index contributed by atoms with van der Waals surface area (Å²) in [4.78, 5) is 29.7. The summed E-state index contributed by atoms with van der Waals surface area (Å²) in [6, 6.07) is 12.8. The largest absolute Gasteiger partial charge is 0.311 e. The van der Waals surface area contributed by atoms with Crippen LogP contribution in [-0.2, 0) is 32.5 Å². The first-order chi connectivity index (χ1) is 16.3. The number of carbonyl (C=O) groups is 2. The smallest absolute Gasteiger partial charge is 0.243 e. The first-order valence-corrected chi connectivity index (χ1v) is 13.5. The van der Waals surface area contributed by atoms with Gasteiger partial charge in [0.05, 0.1) is 11.4 Å². The van der Waals surface area contributed by atoms with E-state index in [-0.39, 0.29) is 35.2 Å². The molecule has 1 fully saturated rings. The van der Waals surface area contributed by atoms with Crippen molar-refractivity contribution in [1.29, 1.82) is 0 Å². The molecular weight excluding hydrogens is 450 g/mol. The molecule has 0 spiro atoms. The van der Waals surface area contributed by atoms with E-state index in [9.17, 15) is 18.0 Å². The van der Waals surface area contributed by atoms with Crippen molar-refractivity contribution >= 4 is 33.2 Å². The van der Waals surface area contributed by atoms with E-state index in [1.54, 1.807) is 23.1 Å². The average Bonchev–Trinajstić information content (AvgIpc) is 3.12. The molecule has 180 valence electrons. The van der Waals surface area contributed by atoms with Crippen LogP contribution in [0.5, 0.6) is 0 Å². The highest BCUT2D eigenvalue weighted by molar-refractivity contribution is 7.89. The normalized spacial score (nSPS) is 20.1. The van der Waals surface area contributed by atoms with E-state index in [1.165, 1.54) is 7.05 Å². The van der Waals surface area contributed by atoms with E-state index in [1.807, 2.05) is 36.1 Å². The third-order valence-corrected chi connectivity index (χ3v) is 9.24. The number of hydrogen-bond donors (Lipinski definition) is 0. The Morgan fingerprint density at radius 2 is 1.79 bits per heavy atom. The van der Waals surface area contributed by atoms with Crippen LogP contribution in [0.4, 0.5) is 11.4 Å². The number of sulfonamides is 1. The van der Waals surface area contributed by atoms with Crippen LogP contribution in [0.25, 0.3) is 0 Å². The number of carbonyl (C=O) groups excluding carboxylic acids is 2. The van der Waals surface area contributed by atoms with E-state index < -0.39 is 10.0 Å². The lowest BCUT2D eigenvalue weighted by atomic mass is 9.84. The minimum atomic E-state index is -3.85. The second-order valence-electron chi connectivity index (χ2n) is 9.72. The van der Waals surface area contributed by atoms with Crippen LogP contribution in [0.3, 0.4) is 0 Å². The molecule has 2 amide bonds. The second-order valence-corrected chi connectivity index (χ2v) is 11.8. The summed E-state index contributed by atoms with van der Waals surface area (Å²) in [5.74, 6) is 0.0109. The number of anilines is 2. The Morgan fingerprint density at radius 1 is 1.03 bits per heavy atom. The van der Waals surface area contributed by atoms with Gasteiger partial charge in [0.1, 0.15) is 0 Å². The van der Waals surface area contributed by atoms with Crippen LogP contribution in [0, 0.1) is 5.92 Å². The number of fused-ring (bicyclic) bond motifs is 2. The fraction of sp³-hybridized carbons (Fsp3) is 0.462. The average molecular weight is 482 g/mol. The Balaban J connectivity index is 1.34.